The second-order valence-electron chi connectivity index (χ2n) is 19.8. The molecule has 0 spiro atoms. The Balaban J connectivity index is 1.08. The maximum Gasteiger partial charge on any atom is 0.417 e. The molecule has 0 amide bonds. The number of fused-ring (bicyclic) bond motifs is 2. The van der Waals surface area contributed by atoms with Gasteiger partial charge in [-0.15, -0.1) is 0 Å². The van der Waals surface area contributed by atoms with E-state index in [1.165, 1.54) is 31.5 Å². The highest BCUT2D eigenvalue weighted by Gasteiger charge is 2.51. The lowest BCUT2D eigenvalue weighted by atomic mass is 9.94. The van der Waals surface area contributed by atoms with Gasteiger partial charge in [-0.1, -0.05) is 24.3 Å². The molecule has 0 N–H and O–H groups in total. The number of aromatic nitrogens is 6. The molecule has 382 valence electrons. The van der Waals surface area contributed by atoms with Gasteiger partial charge in [-0.25, -0.2) is 23.4 Å². The van der Waals surface area contributed by atoms with E-state index < -0.39 is 52.9 Å². The zero-order chi connectivity index (χ0) is 50.9. The number of ether oxygens (including phenoxy) is 5. The minimum Gasteiger partial charge on any atom is -0.497 e. The second kappa shape index (κ2) is 19.2. The zero-order valence-electron chi connectivity index (χ0n) is 41.4. The maximum atomic E-state index is 18.1. The predicted octanol–water partition coefficient (Wildman–Crippen LogP) is 10.6. The molecule has 3 aromatic carbocycles. The summed E-state index contributed by atoms with van der Waals surface area (Å²) < 4.78 is 112. The van der Waals surface area contributed by atoms with Gasteiger partial charge >= 0.3 is 12.2 Å². The largest absolute Gasteiger partial charge is 0.497 e. The number of aryl methyl sites for hydroxylation is 1. The molecular weight excluding hydrogens is 950 g/mol. The molecule has 0 radical (unpaired) electrons. The van der Waals surface area contributed by atoms with Crippen LogP contribution in [0.3, 0.4) is 0 Å². The van der Waals surface area contributed by atoms with Crippen molar-refractivity contribution in [3.8, 4) is 34.6 Å². The van der Waals surface area contributed by atoms with Gasteiger partial charge in [0.1, 0.15) is 58.8 Å². The number of benzene rings is 3. The van der Waals surface area contributed by atoms with E-state index >= 15 is 22.0 Å². The van der Waals surface area contributed by atoms with Crippen LogP contribution in [0.1, 0.15) is 79.6 Å². The normalized spacial score (nSPS) is 21.2. The van der Waals surface area contributed by atoms with Crippen molar-refractivity contribution in [2.45, 2.75) is 90.1 Å². The number of piperidine rings is 1. The summed E-state index contributed by atoms with van der Waals surface area (Å²) in [6, 6.07) is 16.7. The highest BCUT2D eigenvalue weighted by atomic mass is 19.4. The van der Waals surface area contributed by atoms with Gasteiger partial charge < -0.3 is 33.5 Å². The molecule has 14 nitrogen and oxygen atoms in total. The van der Waals surface area contributed by atoms with Crippen molar-refractivity contribution in [1.82, 2.24) is 34.6 Å². The molecule has 3 aliphatic heterocycles. The standard InChI is InChI=1S/C54H56F5N9O5/c1-29-19-41-40(23-61-68(41)43-9-7-8-18-71-43)44(46(29)54(57,58)59)48-47(56)49-45-51(64-53(63-49)73-28-42-39-20-34(39)26-65(42)4)67(30(2)27-72-52(45)62-48)31(3)38-21-35(55)22-60-50(38)66(24-32-10-14-36(69-5)15-11-32)25-33-12-16-37(70-6)17-13-33/h10-17,19,21-23,30-31,34,39,42-43H,7-9,18,20,24-28H2,1-6H3/t30-,31+,34-,39-,42+,43?/m0/s1. The zero-order valence-corrected chi connectivity index (χ0v) is 41.4. The van der Waals surface area contributed by atoms with Crippen LogP contribution >= 0.6 is 0 Å². The number of likely N-dealkylation sites (tertiary alicyclic amines) is 1. The fraction of sp³-hybridized carbons (Fsp3) is 0.426. The minimum absolute atomic E-state index is 0.0213. The topological polar surface area (TPSA) is 125 Å². The summed E-state index contributed by atoms with van der Waals surface area (Å²) in [4.78, 5) is 25.3. The molecule has 2 saturated heterocycles. The first-order valence-corrected chi connectivity index (χ1v) is 24.7. The van der Waals surface area contributed by atoms with E-state index in [4.69, 9.17) is 33.7 Å². The summed E-state index contributed by atoms with van der Waals surface area (Å²) >= 11 is 0. The molecular formula is C54H56F5N9O5. The quantitative estimate of drug-likeness (QED) is 0.0961. The number of halogens is 5. The van der Waals surface area contributed by atoms with Crippen LogP contribution in [-0.4, -0.2) is 94.3 Å². The van der Waals surface area contributed by atoms with E-state index in [1.807, 2.05) is 79.2 Å². The van der Waals surface area contributed by atoms with E-state index in [2.05, 4.69) is 20.0 Å². The van der Waals surface area contributed by atoms with Crippen molar-refractivity contribution in [1.29, 1.82) is 0 Å². The van der Waals surface area contributed by atoms with Crippen molar-refractivity contribution in [3.63, 3.8) is 0 Å². The van der Waals surface area contributed by atoms with Crippen molar-refractivity contribution in [2.24, 2.45) is 11.8 Å². The third-order valence-corrected chi connectivity index (χ3v) is 15.0. The smallest absolute Gasteiger partial charge is 0.417 e. The van der Waals surface area contributed by atoms with Crippen LogP contribution in [0.25, 0.3) is 33.1 Å². The van der Waals surface area contributed by atoms with Crippen molar-refractivity contribution >= 4 is 33.4 Å². The van der Waals surface area contributed by atoms with Crippen molar-refractivity contribution < 1.29 is 45.6 Å². The van der Waals surface area contributed by atoms with Crippen molar-refractivity contribution in [2.75, 3.05) is 57.4 Å². The first kappa shape index (κ1) is 48.4. The lowest BCUT2D eigenvalue weighted by Gasteiger charge is -2.37. The van der Waals surface area contributed by atoms with Gasteiger partial charge in [-0.3, -0.25) is 4.90 Å². The van der Waals surface area contributed by atoms with Crippen LogP contribution in [0.4, 0.5) is 33.6 Å². The molecule has 1 saturated carbocycles. The Labute approximate surface area is 419 Å². The Morgan fingerprint density at radius 3 is 2.26 bits per heavy atom. The number of likely N-dealkylation sites (N-methyl/N-ethyl adjacent to an activating group) is 1. The first-order valence-electron chi connectivity index (χ1n) is 24.7. The number of methoxy groups -OCH3 is 2. The fourth-order valence-electron chi connectivity index (χ4n) is 11.2. The van der Waals surface area contributed by atoms with Crippen LogP contribution < -0.4 is 28.7 Å². The van der Waals surface area contributed by atoms with Gasteiger partial charge in [0.05, 0.1) is 49.8 Å². The van der Waals surface area contributed by atoms with Gasteiger partial charge in [0.2, 0.25) is 5.88 Å². The average molecular weight is 1010 g/mol. The number of alkyl halides is 3. The monoisotopic (exact) mass is 1010 g/mol. The van der Waals surface area contributed by atoms with E-state index in [9.17, 15) is 0 Å². The Morgan fingerprint density at radius 1 is 0.918 bits per heavy atom. The summed E-state index contributed by atoms with van der Waals surface area (Å²) in [6.07, 6.45) is 0.422. The predicted molar refractivity (Wildman–Crippen MR) is 264 cm³/mol. The van der Waals surface area contributed by atoms with E-state index in [0.29, 0.717) is 66.4 Å². The number of nitrogens with zero attached hydrogens (tertiary/aromatic N) is 9. The molecule has 0 bridgehead atoms. The summed E-state index contributed by atoms with van der Waals surface area (Å²) in [6.45, 7) is 7.33. The van der Waals surface area contributed by atoms with Gasteiger partial charge in [0.25, 0.3) is 0 Å². The van der Waals surface area contributed by atoms with Gasteiger partial charge in [-0.2, -0.15) is 28.2 Å². The van der Waals surface area contributed by atoms with Gasteiger partial charge in [0, 0.05) is 48.8 Å². The van der Waals surface area contributed by atoms with Gasteiger partial charge in [-0.05, 0) is 118 Å². The Morgan fingerprint density at radius 2 is 1.63 bits per heavy atom. The summed E-state index contributed by atoms with van der Waals surface area (Å²) in [5.74, 6) is 1.10. The number of anilines is 2. The molecule has 11 rings (SSSR count). The lowest BCUT2D eigenvalue weighted by Crippen LogP contribution is -2.40. The second-order valence-corrected chi connectivity index (χ2v) is 19.8. The summed E-state index contributed by atoms with van der Waals surface area (Å²) in [5, 5.41) is 4.59. The molecule has 7 aromatic rings. The van der Waals surface area contributed by atoms with Crippen LogP contribution in [0, 0.1) is 30.4 Å². The molecule has 7 heterocycles. The summed E-state index contributed by atoms with van der Waals surface area (Å²) in [7, 11) is 5.23. The highest BCUT2D eigenvalue weighted by molar-refractivity contribution is 6.02. The van der Waals surface area contributed by atoms with Crippen LogP contribution in [0.2, 0.25) is 0 Å². The lowest BCUT2D eigenvalue weighted by molar-refractivity contribution is -0.137. The molecule has 19 heteroatoms. The number of hydrogen-bond donors (Lipinski definition) is 0. The molecule has 4 aliphatic rings. The molecule has 3 fully saturated rings. The van der Waals surface area contributed by atoms with Crippen LogP contribution in [-0.2, 0) is 24.0 Å². The Hall–Kier alpha value is -6.86. The molecule has 1 aliphatic carbocycles. The Bertz CT molecular complexity index is 3140. The average Bonchev–Trinajstić information content (AvgIpc) is 3.93. The molecule has 73 heavy (non-hydrogen) atoms. The Kier molecular flexibility index (Phi) is 12.7. The van der Waals surface area contributed by atoms with E-state index in [0.717, 1.165) is 36.9 Å². The number of rotatable bonds is 14. The first-order chi connectivity index (χ1) is 35.2. The maximum absolute atomic E-state index is 18.1. The van der Waals surface area contributed by atoms with Crippen molar-refractivity contribution in [3.05, 3.63) is 113 Å². The molecule has 4 aromatic heterocycles. The highest BCUT2D eigenvalue weighted by Crippen LogP contribution is 2.51. The van der Waals surface area contributed by atoms with Gasteiger partial charge in [0.15, 0.2) is 12.0 Å². The number of hydrogen-bond acceptors (Lipinski definition) is 13. The third-order valence-electron chi connectivity index (χ3n) is 15.0. The van der Waals surface area contributed by atoms with Crippen LogP contribution in [0.15, 0.2) is 73.1 Å². The minimum atomic E-state index is -4.93. The molecule has 1 unspecified atom stereocenters. The van der Waals surface area contributed by atoms with E-state index in [-0.39, 0.29) is 58.8 Å². The molecule has 6 atom stereocenters. The SMILES string of the molecule is COc1ccc(CN(Cc2ccc(OC)cc2)c2ncc(F)cc2[C@@H](C)N2c3nc(OC[C@@H]4[C@H]5C[C@H]5CN4C)nc4c(F)c(-c5c(C(F)(F)F)c(C)cc6c5cnn6C5CCCCO5)nc(c34)OC[C@@H]2C)cc1. The van der Waals surface area contributed by atoms with Crippen LogP contribution in [0.5, 0.6) is 23.4 Å². The fourth-order valence-corrected chi connectivity index (χ4v) is 11.2. The third kappa shape index (κ3) is 9.08. The van der Waals surface area contributed by atoms with E-state index in [1.54, 1.807) is 18.9 Å². The number of pyridine rings is 2. The summed E-state index contributed by atoms with van der Waals surface area (Å²) in [5.41, 5.74) is 0.0132.